The molecule has 0 bridgehead atoms. The SMILES string of the molecule is CCCCCCCCCCCC[n+]1ccn(Cc2ccccc2)c1CCCC. The van der Waals surface area contributed by atoms with Crippen molar-refractivity contribution in [2.24, 2.45) is 0 Å². The summed E-state index contributed by atoms with van der Waals surface area (Å²) >= 11 is 0. The van der Waals surface area contributed by atoms with Crippen molar-refractivity contribution in [2.45, 2.75) is 110 Å². The summed E-state index contributed by atoms with van der Waals surface area (Å²) in [7, 11) is 0. The van der Waals surface area contributed by atoms with E-state index in [1.165, 1.54) is 101 Å². The van der Waals surface area contributed by atoms with Gasteiger partial charge in [-0.05, 0) is 24.8 Å². The Labute approximate surface area is 174 Å². The number of imidazole rings is 1. The van der Waals surface area contributed by atoms with Crippen LogP contribution in [0, 0.1) is 0 Å². The van der Waals surface area contributed by atoms with Gasteiger partial charge in [-0.25, -0.2) is 9.13 Å². The van der Waals surface area contributed by atoms with Gasteiger partial charge in [0.1, 0.15) is 18.9 Å². The molecule has 0 spiro atoms. The summed E-state index contributed by atoms with van der Waals surface area (Å²) in [4.78, 5) is 0. The summed E-state index contributed by atoms with van der Waals surface area (Å²) in [6, 6.07) is 10.8. The Morgan fingerprint density at radius 2 is 1.32 bits per heavy atom. The van der Waals surface area contributed by atoms with Gasteiger partial charge in [-0.15, -0.1) is 0 Å². The van der Waals surface area contributed by atoms with Crippen molar-refractivity contribution in [3.05, 3.63) is 54.1 Å². The van der Waals surface area contributed by atoms with Gasteiger partial charge in [0, 0.05) is 6.42 Å². The van der Waals surface area contributed by atoms with Gasteiger partial charge in [0.05, 0.1) is 6.54 Å². The van der Waals surface area contributed by atoms with E-state index in [0.29, 0.717) is 0 Å². The number of unbranched alkanes of at least 4 members (excludes halogenated alkanes) is 10. The highest BCUT2D eigenvalue weighted by molar-refractivity contribution is 5.15. The molecule has 0 N–H and O–H groups in total. The number of aromatic nitrogens is 2. The van der Waals surface area contributed by atoms with Crippen LogP contribution in [0.15, 0.2) is 42.7 Å². The minimum absolute atomic E-state index is 0.991. The van der Waals surface area contributed by atoms with Crippen molar-refractivity contribution in [1.29, 1.82) is 0 Å². The van der Waals surface area contributed by atoms with Crippen LogP contribution in [-0.2, 0) is 19.5 Å². The third-order valence-electron chi connectivity index (χ3n) is 5.79. The van der Waals surface area contributed by atoms with Gasteiger partial charge in [0.15, 0.2) is 0 Å². The first-order valence-corrected chi connectivity index (χ1v) is 12.0. The van der Waals surface area contributed by atoms with E-state index < -0.39 is 0 Å². The molecule has 0 aliphatic carbocycles. The van der Waals surface area contributed by atoms with Crippen LogP contribution in [0.2, 0.25) is 0 Å². The molecule has 1 aromatic carbocycles. The predicted molar refractivity (Wildman–Crippen MR) is 121 cm³/mol. The lowest BCUT2D eigenvalue weighted by Gasteiger charge is -2.06. The van der Waals surface area contributed by atoms with Crippen LogP contribution >= 0.6 is 0 Å². The van der Waals surface area contributed by atoms with Crippen LogP contribution < -0.4 is 4.57 Å². The number of benzene rings is 1. The molecule has 156 valence electrons. The van der Waals surface area contributed by atoms with Crippen LogP contribution in [0.5, 0.6) is 0 Å². The van der Waals surface area contributed by atoms with Crippen LogP contribution in [0.1, 0.15) is 102 Å². The minimum Gasteiger partial charge on any atom is -0.234 e. The molecule has 1 heterocycles. The highest BCUT2D eigenvalue weighted by Gasteiger charge is 2.16. The van der Waals surface area contributed by atoms with Gasteiger partial charge in [-0.1, -0.05) is 102 Å². The van der Waals surface area contributed by atoms with Gasteiger partial charge in [0.2, 0.25) is 0 Å². The zero-order chi connectivity index (χ0) is 19.9. The van der Waals surface area contributed by atoms with Crippen LogP contribution in [0.25, 0.3) is 0 Å². The number of hydrogen-bond acceptors (Lipinski definition) is 0. The molecule has 0 atom stereocenters. The summed E-state index contributed by atoms with van der Waals surface area (Å²) in [5, 5.41) is 0. The normalized spacial score (nSPS) is 11.2. The average molecular weight is 384 g/mol. The van der Waals surface area contributed by atoms with E-state index in [2.05, 4.69) is 65.7 Å². The Morgan fingerprint density at radius 3 is 1.96 bits per heavy atom. The minimum atomic E-state index is 0.991. The van der Waals surface area contributed by atoms with E-state index in [-0.39, 0.29) is 0 Å². The van der Waals surface area contributed by atoms with E-state index in [0.717, 1.165) is 6.54 Å². The molecule has 28 heavy (non-hydrogen) atoms. The van der Waals surface area contributed by atoms with Gasteiger partial charge in [-0.3, -0.25) is 0 Å². The Morgan fingerprint density at radius 1 is 0.714 bits per heavy atom. The number of nitrogens with zero attached hydrogens (tertiary/aromatic N) is 2. The maximum absolute atomic E-state index is 2.52. The predicted octanol–water partition coefficient (Wildman–Crippen LogP) is 7.09. The fraction of sp³-hybridized carbons (Fsp3) is 0.654. The largest absolute Gasteiger partial charge is 0.256 e. The third kappa shape index (κ3) is 8.63. The first-order chi connectivity index (χ1) is 13.8. The lowest BCUT2D eigenvalue weighted by Crippen LogP contribution is -2.37. The quantitative estimate of drug-likeness (QED) is 0.216. The van der Waals surface area contributed by atoms with Crippen molar-refractivity contribution in [3.8, 4) is 0 Å². The average Bonchev–Trinajstić information content (AvgIpc) is 3.10. The second-order valence-electron chi connectivity index (χ2n) is 8.31. The zero-order valence-corrected chi connectivity index (χ0v) is 18.5. The molecule has 0 aliphatic rings. The van der Waals surface area contributed by atoms with E-state index in [1.807, 2.05) is 0 Å². The molecule has 2 rings (SSSR count). The smallest absolute Gasteiger partial charge is 0.234 e. The van der Waals surface area contributed by atoms with Gasteiger partial charge < -0.3 is 0 Å². The summed E-state index contributed by atoms with van der Waals surface area (Å²) in [6.45, 7) is 6.75. The molecular weight excluding hydrogens is 340 g/mol. The lowest BCUT2D eigenvalue weighted by molar-refractivity contribution is -0.704. The standard InChI is InChI=1S/C26H43N2/c1-3-5-7-8-9-10-11-12-13-17-21-27-22-23-28(26(27)20-6-4-2)24-25-18-15-14-16-19-25/h14-16,18-19,22-23H,3-13,17,20-21,24H2,1-2H3/q+1. The fourth-order valence-corrected chi connectivity index (χ4v) is 4.02. The first kappa shape index (κ1) is 22.7. The van der Waals surface area contributed by atoms with Crippen LogP contribution in [0.4, 0.5) is 0 Å². The Balaban J connectivity index is 1.73. The molecule has 0 aliphatic heterocycles. The zero-order valence-electron chi connectivity index (χ0n) is 18.5. The molecule has 2 heteroatoms. The van der Waals surface area contributed by atoms with E-state index in [1.54, 1.807) is 0 Å². The van der Waals surface area contributed by atoms with Crippen molar-refractivity contribution in [1.82, 2.24) is 4.57 Å². The van der Waals surface area contributed by atoms with Crippen molar-refractivity contribution in [3.63, 3.8) is 0 Å². The van der Waals surface area contributed by atoms with Crippen LogP contribution in [-0.4, -0.2) is 4.57 Å². The van der Waals surface area contributed by atoms with Crippen molar-refractivity contribution < 1.29 is 4.57 Å². The van der Waals surface area contributed by atoms with Gasteiger partial charge >= 0.3 is 0 Å². The maximum atomic E-state index is 2.52. The topological polar surface area (TPSA) is 8.81 Å². The summed E-state index contributed by atoms with van der Waals surface area (Å²) in [6.07, 6.45) is 22.4. The highest BCUT2D eigenvalue weighted by atomic mass is 15.1. The van der Waals surface area contributed by atoms with Gasteiger partial charge in [-0.2, -0.15) is 0 Å². The lowest BCUT2D eigenvalue weighted by atomic mass is 10.1. The Bertz CT molecular complexity index is 615. The molecule has 0 amide bonds. The summed E-state index contributed by atoms with van der Waals surface area (Å²) in [5.74, 6) is 1.50. The second kappa shape index (κ2) is 14.4. The molecule has 0 saturated carbocycles. The monoisotopic (exact) mass is 383 g/mol. The van der Waals surface area contributed by atoms with E-state index in [9.17, 15) is 0 Å². The number of hydrogen-bond donors (Lipinski definition) is 0. The summed E-state index contributed by atoms with van der Waals surface area (Å²) < 4.78 is 4.98. The molecule has 2 nitrogen and oxygen atoms in total. The molecule has 1 aromatic heterocycles. The molecule has 2 aromatic rings. The van der Waals surface area contributed by atoms with E-state index >= 15 is 0 Å². The second-order valence-corrected chi connectivity index (χ2v) is 8.31. The fourth-order valence-electron chi connectivity index (χ4n) is 4.02. The molecular formula is C26H43N2+. The Hall–Kier alpha value is -1.57. The first-order valence-electron chi connectivity index (χ1n) is 12.0. The Kier molecular flexibility index (Phi) is 11.7. The summed E-state index contributed by atoms with van der Waals surface area (Å²) in [5.41, 5.74) is 1.39. The van der Waals surface area contributed by atoms with Crippen molar-refractivity contribution >= 4 is 0 Å². The van der Waals surface area contributed by atoms with Gasteiger partial charge in [0.25, 0.3) is 5.82 Å². The molecule has 0 saturated heterocycles. The third-order valence-corrected chi connectivity index (χ3v) is 5.79. The maximum Gasteiger partial charge on any atom is 0.256 e. The molecule has 0 fully saturated rings. The molecule has 0 radical (unpaired) electrons. The number of aryl methyl sites for hydroxylation is 1. The van der Waals surface area contributed by atoms with Crippen molar-refractivity contribution in [2.75, 3.05) is 0 Å². The number of rotatable bonds is 16. The van der Waals surface area contributed by atoms with Crippen LogP contribution in [0.3, 0.4) is 0 Å². The molecule has 0 unspecified atom stereocenters. The highest BCUT2D eigenvalue weighted by Crippen LogP contribution is 2.11. The van der Waals surface area contributed by atoms with E-state index in [4.69, 9.17) is 0 Å².